The molecule has 0 heterocycles. The maximum atomic E-state index is 12.5. The van der Waals surface area contributed by atoms with Crippen molar-refractivity contribution in [1.82, 2.24) is 5.32 Å². The minimum absolute atomic E-state index is 0.0168. The lowest BCUT2D eigenvalue weighted by atomic mass is 10.0. The molecule has 6 heteroatoms. The van der Waals surface area contributed by atoms with E-state index >= 15 is 0 Å². The molecule has 0 aromatic carbocycles. The van der Waals surface area contributed by atoms with E-state index in [2.05, 4.69) is 31.3 Å². The Kier molecular flexibility index (Phi) is 63.9. The molecule has 0 bridgehead atoms. The molecule has 0 aromatic heterocycles. The third-order valence-corrected chi connectivity index (χ3v) is 16.3. The quantitative estimate of drug-likeness (QED) is 0.0320. The molecule has 0 aliphatic carbocycles. The van der Waals surface area contributed by atoms with Crippen molar-refractivity contribution < 1.29 is 24.5 Å². The van der Waals surface area contributed by atoms with Crippen molar-refractivity contribution in [3.8, 4) is 0 Å². The van der Waals surface area contributed by atoms with E-state index in [1.807, 2.05) is 0 Å². The van der Waals surface area contributed by atoms with Crippen LogP contribution < -0.4 is 5.32 Å². The Labute approximate surface area is 469 Å². The van der Waals surface area contributed by atoms with E-state index in [0.29, 0.717) is 25.9 Å². The number of allylic oxidation sites excluding steroid dienone is 2. The van der Waals surface area contributed by atoms with Crippen molar-refractivity contribution in [2.45, 2.75) is 405 Å². The van der Waals surface area contributed by atoms with Crippen LogP contribution in [0.25, 0.3) is 0 Å². The number of amides is 1. The van der Waals surface area contributed by atoms with Crippen molar-refractivity contribution in [3.05, 3.63) is 12.2 Å². The molecule has 0 aliphatic rings. The molecule has 0 saturated carbocycles. The van der Waals surface area contributed by atoms with Gasteiger partial charge in [-0.1, -0.05) is 341 Å². The fourth-order valence-corrected chi connectivity index (χ4v) is 11.1. The topological polar surface area (TPSA) is 95.9 Å². The van der Waals surface area contributed by atoms with Crippen LogP contribution in [0, 0.1) is 0 Å². The summed E-state index contributed by atoms with van der Waals surface area (Å²) < 4.78 is 5.49. The van der Waals surface area contributed by atoms with Gasteiger partial charge < -0.3 is 20.3 Å². The number of aliphatic hydroxyl groups excluding tert-OH is 2. The van der Waals surface area contributed by atoms with Gasteiger partial charge in [0.1, 0.15) is 0 Å². The molecule has 6 nitrogen and oxygen atoms in total. The van der Waals surface area contributed by atoms with Crippen LogP contribution in [0.4, 0.5) is 0 Å². The average molecular weight is 1060 g/mol. The van der Waals surface area contributed by atoms with Crippen LogP contribution in [0.2, 0.25) is 0 Å². The third kappa shape index (κ3) is 61.7. The first-order chi connectivity index (χ1) is 37.0. The van der Waals surface area contributed by atoms with Gasteiger partial charge in [-0.15, -0.1) is 0 Å². The highest BCUT2D eigenvalue weighted by Gasteiger charge is 2.20. The second kappa shape index (κ2) is 65.1. The summed E-state index contributed by atoms with van der Waals surface area (Å²) >= 11 is 0. The molecule has 0 rings (SSSR count). The first-order valence-corrected chi connectivity index (χ1v) is 34.4. The summed E-state index contributed by atoms with van der Waals surface area (Å²) in [5.74, 6) is -0.0157. The van der Waals surface area contributed by atoms with Crippen LogP contribution in [0.15, 0.2) is 12.2 Å². The van der Waals surface area contributed by atoms with Gasteiger partial charge in [-0.25, -0.2) is 0 Å². The Morgan fingerprint density at radius 1 is 0.360 bits per heavy atom. The number of hydrogen-bond acceptors (Lipinski definition) is 5. The number of hydrogen-bond donors (Lipinski definition) is 3. The number of carbonyl (C=O) groups is 2. The molecule has 0 aromatic rings. The van der Waals surface area contributed by atoms with Crippen LogP contribution in [0.5, 0.6) is 0 Å². The Balaban J connectivity index is 3.38. The molecule has 0 fully saturated rings. The zero-order valence-corrected chi connectivity index (χ0v) is 51.1. The predicted octanol–water partition coefficient (Wildman–Crippen LogP) is 22.0. The lowest BCUT2D eigenvalue weighted by molar-refractivity contribution is -0.143. The highest BCUT2D eigenvalue weighted by Crippen LogP contribution is 2.19. The molecular weight excluding hydrogens is 923 g/mol. The molecule has 2 atom stereocenters. The van der Waals surface area contributed by atoms with Crippen molar-refractivity contribution in [1.29, 1.82) is 0 Å². The van der Waals surface area contributed by atoms with Gasteiger partial charge in [0.2, 0.25) is 5.91 Å². The first kappa shape index (κ1) is 73.6. The van der Waals surface area contributed by atoms with E-state index in [9.17, 15) is 19.8 Å². The molecule has 0 saturated heterocycles. The van der Waals surface area contributed by atoms with Gasteiger partial charge in [0, 0.05) is 12.8 Å². The molecule has 446 valence electrons. The van der Waals surface area contributed by atoms with Crippen LogP contribution >= 0.6 is 0 Å². The Morgan fingerprint density at radius 3 is 0.947 bits per heavy atom. The van der Waals surface area contributed by atoms with Crippen molar-refractivity contribution in [2.24, 2.45) is 0 Å². The number of nitrogens with one attached hydrogen (secondary N) is 1. The highest BCUT2D eigenvalue weighted by atomic mass is 16.5. The normalized spacial score (nSPS) is 12.5. The summed E-state index contributed by atoms with van der Waals surface area (Å²) in [6, 6.07) is -0.543. The minimum atomic E-state index is -0.665. The summed E-state index contributed by atoms with van der Waals surface area (Å²) in [5, 5.41) is 23.4. The zero-order chi connectivity index (χ0) is 54.3. The lowest BCUT2D eigenvalue weighted by Crippen LogP contribution is -2.45. The van der Waals surface area contributed by atoms with Gasteiger partial charge >= 0.3 is 5.97 Å². The SMILES string of the molecule is CCCCCCCCCCCCCCCCCCCCCC(O)C(CO)NC(=O)CCCCCCCCCCCC/C=C\CCCCCCCCCCCCCCOC(=O)CCCCCCCCCCCCCCC. The number of rotatable bonds is 65. The van der Waals surface area contributed by atoms with Gasteiger partial charge in [0.05, 0.1) is 25.4 Å². The van der Waals surface area contributed by atoms with E-state index in [0.717, 1.165) is 38.5 Å². The third-order valence-electron chi connectivity index (χ3n) is 16.3. The van der Waals surface area contributed by atoms with Gasteiger partial charge in [-0.3, -0.25) is 9.59 Å². The molecular formula is C69H135NO5. The molecule has 0 spiro atoms. The Bertz CT molecular complexity index is 1130. The fraction of sp³-hybridized carbons (Fsp3) is 0.942. The average Bonchev–Trinajstić information content (AvgIpc) is 3.41. The highest BCUT2D eigenvalue weighted by molar-refractivity contribution is 5.76. The molecule has 75 heavy (non-hydrogen) atoms. The van der Waals surface area contributed by atoms with E-state index < -0.39 is 12.1 Å². The molecule has 2 unspecified atom stereocenters. The molecule has 0 aliphatic heterocycles. The van der Waals surface area contributed by atoms with Crippen molar-refractivity contribution >= 4 is 11.9 Å². The van der Waals surface area contributed by atoms with Crippen molar-refractivity contribution in [2.75, 3.05) is 13.2 Å². The summed E-state index contributed by atoms with van der Waals surface area (Å²) in [7, 11) is 0. The molecule has 1 amide bonds. The maximum Gasteiger partial charge on any atom is 0.305 e. The first-order valence-electron chi connectivity index (χ1n) is 34.4. The van der Waals surface area contributed by atoms with Crippen LogP contribution in [-0.2, 0) is 14.3 Å². The van der Waals surface area contributed by atoms with Crippen LogP contribution in [0.3, 0.4) is 0 Å². The minimum Gasteiger partial charge on any atom is -0.466 e. The van der Waals surface area contributed by atoms with Crippen LogP contribution in [-0.4, -0.2) is 47.4 Å². The van der Waals surface area contributed by atoms with E-state index in [1.54, 1.807) is 0 Å². The fourth-order valence-electron chi connectivity index (χ4n) is 11.1. The van der Waals surface area contributed by atoms with Crippen LogP contribution in [0.1, 0.15) is 393 Å². The summed E-state index contributed by atoms with van der Waals surface area (Å²) in [6.07, 6.45) is 79.6. The van der Waals surface area contributed by atoms with E-state index in [4.69, 9.17) is 4.74 Å². The zero-order valence-electron chi connectivity index (χ0n) is 51.1. The maximum absolute atomic E-state index is 12.5. The Morgan fingerprint density at radius 2 is 0.627 bits per heavy atom. The predicted molar refractivity (Wildman–Crippen MR) is 329 cm³/mol. The number of unbranched alkanes of at least 4 members (excludes halogenated alkanes) is 52. The van der Waals surface area contributed by atoms with E-state index in [1.165, 1.54) is 321 Å². The number of carbonyl (C=O) groups excluding carboxylic acids is 2. The Hall–Kier alpha value is -1.40. The van der Waals surface area contributed by atoms with Gasteiger partial charge in [-0.05, 0) is 51.4 Å². The second-order valence-corrected chi connectivity index (χ2v) is 23.9. The van der Waals surface area contributed by atoms with Crippen molar-refractivity contribution in [3.63, 3.8) is 0 Å². The lowest BCUT2D eigenvalue weighted by Gasteiger charge is -2.22. The summed E-state index contributed by atoms with van der Waals surface area (Å²) in [4.78, 5) is 24.6. The van der Waals surface area contributed by atoms with Gasteiger partial charge in [0.15, 0.2) is 0 Å². The van der Waals surface area contributed by atoms with E-state index in [-0.39, 0.29) is 18.5 Å². The molecule has 0 radical (unpaired) electrons. The standard InChI is InChI=1S/C69H135NO5/c1-3-5-7-9-11-13-15-17-18-19-28-31-34-38-41-45-49-53-57-61-67(72)66(65-71)70-68(73)62-58-54-50-46-42-39-35-32-29-26-24-22-20-21-23-25-27-30-33-36-40-44-48-52-56-60-64-75-69(74)63-59-55-51-47-43-37-16-14-12-10-8-6-4-2/h20,22,66-67,71-72H,3-19,21,23-65H2,1-2H3,(H,70,73)/b22-20-. The number of esters is 1. The molecule has 3 N–H and O–H groups in total. The number of aliphatic hydroxyl groups is 2. The van der Waals surface area contributed by atoms with Gasteiger partial charge in [-0.2, -0.15) is 0 Å². The largest absolute Gasteiger partial charge is 0.466 e. The summed E-state index contributed by atoms with van der Waals surface area (Å²) in [6.45, 7) is 4.99. The van der Waals surface area contributed by atoms with Gasteiger partial charge in [0.25, 0.3) is 0 Å². The number of ether oxygens (including phenoxy) is 1. The summed E-state index contributed by atoms with van der Waals surface area (Å²) in [5.41, 5.74) is 0. The second-order valence-electron chi connectivity index (χ2n) is 23.9. The smallest absolute Gasteiger partial charge is 0.305 e. The monoisotopic (exact) mass is 1060 g/mol.